The van der Waals surface area contributed by atoms with Crippen LogP contribution in [0.5, 0.6) is 5.75 Å². The Morgan fingerprint density at radius 2 is 1.45 bits per heavy atom. The minimum absolute atomic E-state index is 0.133. The molecule has 0 spiro atoms. The molecule has 1 unspecified atom stereocenters. The Morgan fingerprint density at radius 1 is 0.871 bits per heavy atom. The second-order valence-corrected chi connectivity index (χ2v) is 11.3. The van der Waals surface area contributed by atoms with Crippen LogP contribution in [0.2, 0.25) is 0 Å². The Kier molecular flexibility index (Phi) is 4.58. The van der Waals surface area contributed by atoms with Gasteiger partial charge in [0.1, 0.15) is 0 Å². The van der Waals surface area contributed by atoms with Gasteiger partial charge in [0.25, 0.3) is 5.92 Å². The van der Waals surface area contributed by atoms with Crippen molar-refractivity contribution in [2.75, 3.05) is 6.61 Å². The van der Waals surface area contributed by atoms with Gasteiger partial charge in [-0.05, 0) is 93.6 Å². The molecule has 6 heteroatoms. The third kappa shape index (κ3) is 2.71. The smallest absolute Gasteiger partial charge is 0.285 e. The van der Waals surface area contributed by atoms with Gasteiger partial charge in [-0.1, -0.05) is 13.0 Å². The summed E-state index contributed by atoms with van der Waals surface area (Å²) < 4.78 is 80.9. The highest BCUT2D eigenvalue weighted by molar-refractivity contribution is 5.30. The Balaban J connectivity index is 1.40. The largest absolute Gasteiger partial charge is 0.490 e. The fraction of sp³-hybridized carbons (Fsp3) is 0.760. The number of benzene rings is 1. The van der Waals surface area contributed by atoms with Gasteiger partial charge in [-0.15, -0.1) is 0 Å². The molecule has 1 aromatic rings. The number of hydrogen-bond donors (Lipinski definition) is 0. The van der Waals surface area contributed by atoms with E-state index in [0.29, 0.717) is 12.8 Å². The fourth-order valence-corrected chi connectivity index (χ4v) is 7.54. The minimum atomic E-state index is -3.44. The second-order valence-electron chi connectivity index (χ2n) is 11.3. The molecule has 1 atom stereocenters. The van der Waals surface area contributed by atoms with Crippen LogP contribution >= 0.6 is 0 Å². The van der Waals surface area contributed by atoms with E-state index in [1.54, 1.807) is 0 Å². The molecular formula is C25H31F5O. The number of alkyl halides is 3. The maximum Gasteiger partial charge on any atom is 0.285 e. The van der Waals surface area contributed by atoms with Crippen LogP contribution < -0.4 is 4.74 Å². The van der Waals surface area contributed by atoms with Crippen molar-refractivity contribution < 1.29 is 26.7 Å². The summed E-state index contributed by atoms with van der Waals surface area (Å²) in [6.07, 6.45) is 4.01. The number of fused-ring (bicyclic) bond motifs is 6. The lowest BCUT2D eigenvalue weighted by Crippen LogP contribution is -2.71. The van der Waals surface area contributed by atoms with E-state index in [-0.39, 0.29) is 36.2 Å². The van der Waals surface area contributed by atoms with Crippen molar-refractivity contribution in [2.45, 2.75) is 90.1 Å². The van der Waals surface area contributed by atoms with Crippen LogP contribution in [0.1, 0.15) is 76.7 Å². The van der Waals surface area contributed by atoms with E-state index in [4.69, 9.17) is 4.74 Å². The van der Waals surface area contributed by atoms with Crippen LogP contribution in [0.4, 0.5) is 22.0 Å². The van der Waals surface area contributed by atoms with E-state index in [0.717, 1.165) is 38.5 Å². The highest BCUT2D eigenvalue weighted by Gasteiger charge is 2.77. The molecule has 6 aliphatic rings. The second kappa shape index (κ2) is 6.60. The summed E-state index contributed by atoms with van der Waals surface area (Å²) in [4.78, 5) is 0. The molecule has 0 aliphatic heterocycles. The zero-order valence-electron chi connectivity index (χ0n) is 18.3. The van der Waals surface area contributed by atoms with E-state index in [1.807, 2.05) is 0 Å². The Hall–Kier alpha value is -1.33. The lowest BCUT2D eigenvalue weighted by Gasteiger charge is -2.69. The van der Waals surface area contributed by atoms with Gasteiger partial charge >= 0.3 is 0 Å². The number of ether oxygens (including phenoxy) is 1. The molecule has 0 saturated heterocycles. The molecule has 31 heavy (non-hydrogen) atoms. The molecule has 1 nitrogen and oxygen atoms in total. The van der Waals surface area contributed by atoms with Crippen molar-refractivity contribution in [3.05, 3.63) is 29.3 Å². The topological polar surface area (TPSA) is 9.23 Å². The quantitative estimate of drug-likeness (QED) is 0.438. The van der Waals surface area contributed by atoms with E-state index in [2.05, 4.69) is 6.92 Å². The maximum atomic E-state index is 15.9. The van der Waals surface area contributed by atoms with Crippen molar-refractivity contribution in [1.82, 2.24) is 0 Å². The molecule has 0 N–H and O–H groups in total. The van der Waals surface area contributed by atoms with E-state index in [1.165, 1.54) is 19.1 Å². The average molecular weight is 443 g/mol. The Labute approximate surface area is 180 Å². The lowest BCUT2D eigenvalue weighted by molar-refractivity contribution is -0.323. The maximum absolute atomic E-state index is 15.9. The normalized spacial score (nSPS) is 43.3. The van der Waals surface area contributed by atoms with E-state index >= 15 is 13.2 Å². The summed E-state index contributed by atoms with van der Waals surface area (Å²) in [7, 11) is 0. The summed E-state index contributed by atoms with van der Waals surface area (Å²) in [5, 5.41) is 0. The predicted molar refractivity (Wildman–Crippen MR) is 108 cm³/mol. The van der Waals surface area contributed by atoms with Crippen LogP contribution in [0.15, 0.2) is 12.1 Å². The summed E-state index contributed by atoms with van der Waals surface area (Å²) in [5.41, 5.74) is -2.72. The number of halogens is 5. The van der Waals surface area contributed by atoms with Crippen LogP contribution in [0.25, 0.3) is 0 Å². The molecule has 7 rings (SSSR count). The summed E-state index contributed by atoms with van der Waals surface area (Å²) in [6.45, 7) is 3.32. The molecule has 172 valence electrons. The van der Waals surface area contributed by atoms with Gasteiger partial charge in [0, 0.05) is 10.8 Å². The van der Waals surface area contributed by atoms with Crippen molar-refractivity contribution in [1.29, 1.82) is 0 Å². The summed E-state index contributed by atoms with van der Waals surface area (Å²) in [5.74, 6) is -5.95. The third-order valence-corrected chi connectivity index (χ3v) is 9.98. The monoisotopic (exact) mass is 442 g/mol. The highest BCUT2D eigenvalue weighted by atomic mass is 19.3. The minimum Gasteiger partial charge on any atom is -0.490 e. The summed E-state index contributed by atoms with van der Waals surface area (Å²) >= 11 is 0. The van der Waals surface area contributed by atoms with Gasteiger partial charge in [-0.25, -0.2) is 17.6 Å². The van der Waals surface area contributed by atoms with Crippen LogP contribution in [0.3, 0.4) is 0 Å². The first-order valence-electron chi connectivity index (χ1n) is 11.6. The molecule has 0 heterocycles. The highest BCUT2D eigenvalue weighted by Crippen LogP contribution is 2.76. The van der Waals surface area contributed by atoms with Crippen LogP contribution in [-0.4, -0.2) is 18.7 Å². The molecular weight excluding hydrogens is 411 g/mol. The van der Waals surface area contributed by atoms with Crippen molar-refractivity contribution in [3.8, 4) is 5.75 Å². The van der Waals surface area contributed by atoms with Gasteiger partial charge in [-0.3, -0.25) is 0 Å². The third-order valence-electron chi connectivity index (χ3n) is 9.98. The first kappa shape index (κ1) is 21.5. The van der Waals surface area contributed by atoms with Crippen molar-refractivity contribution in [3.63, 3.8) is 0 Å². The zero-order chi connectivity index (χ0) is 22.3. The molecule has 6 aliphatic carbocycles. The molecule has 0 radical (unpaired) electrons. The average Bonchev–Trinajstić information content (AvgIpc) is 2.76. The molecule has 1 aromatic carbocycles. The van der Waals surface area contributed by atoms with Gasteiger partial charge in [0.05, 0.1) is 6.61 Å². The molecule has 6 saturated carbocycles. The Morgan fingerprint density at radius 3 is 2.03 bits per heavy atom. The van der Waals surface area contributed by atoms with Crippen LogP contribution in [-0.2, 0) is 0 Å². The lowest BCUT2D eigenvalue weighted by atomic mass is 9.37. The predicted octanol–water partition coefficient (Wildman–Crippen LogP) is 7.55. The number of hydrogen-bond acceptors (Lipinski definition) is 1. The first-order valence-corrected chi connectivity index (χ1v) is 11.6. The van der Waals surface area contributed by atoms with Gasteiger partial charge in [0.15, 0.2) is 17.7 Å². The van der Waals surface area contributed by atoms with Crippen molar-refractivity contribution >= 4 is 0 Å². The number of rotatable bonds is 4. The zero-order valence-corrected chi connectivity index (χ0v) is 18.3. The fourth-order valence-electron chi connectivity index (χ4n) is 7.54. The van der Waals surface area contributed by atoms with Gasteiger partial charge in [-0.2, -0.15) is 4.39 Å². The van der Waals surface area contributed by atoms with Gasteiger partial charge < -0.3 is 4.74 Å². The first-order chi connectivity index (χ1) is 14.5. The number of aryl methyl sites for hydroxylation is 1. The Bertz CT molecular complexity index is 862. The summed E-state index contributed by atoms with van der Waals surface area (Å²) in [6, 6.07) is 2.66. The molecule has 4 bridgehead atoms. The van der Waals surface area contributed by atoms with E-state index < -0.39 is 40.0 Å². The SMILES string of the molecule is Cc1ccc(OCC23CCC(C45CCC(C)(CC4)CC5)(CC2)C(F)(F)C3F)c(F)c1F. The standard InChI is InChI=1S/C25H31F5O/c1-16-3-4-17(19(27)18(16)26)31-15-22-8-13-24(14-9-22,25(29,30)20(22)28)23-10-5-21(2,6-11-23)7-12-23/h3-4,20H,5-15H2,1-2H3. The van der Waals surface area contributed by atoms with Crippen LogP contribution in [0, 0.1) is 40.2 Å². The molecule has 0 aromatic heterocycles. The molecule has 6 fully saturated rings. The molecule has 0 amide bonds. The van der Waals surface area contributed by atoms with E-state index in [9.17, 15) is 8.78 Å². The van der Waals surface area contributed by atoms with Gasteiger partial charge in [0.2, 0.25) is 5.82 Å². The van der Waals surface area contributed by atoms with Crippen molar-refractivity contribution in [2.24, 2.45) is 21.7 Å².